The molecule has 0 N–H and O–H groups in total. The van der Waals surface area contributed by atoms with Gasteiger partial charge in [-0.3, -0.25) is 14.5 Å². The van der Waals surface area contributed by atoms with Crippen molar-refractivity contribution in [1.29, 1.82) is 0 Å². The lowest BCUT2D eigenvalue weighted by Gasteiger charge is -2.24. The third-order valence-corrected chi connectivity index (χ3v) is 4.06. The first kappa shape index (κ1) is 17.4. The molecular formula is C18H21NO3S. The van der Waals surface area contributed by atoms with Gasteiger partial charge in [0.25, 0.3) is 0 Å². The van der Waals surface area contributed by atoms with E-state index in [9.17, 15) is 9.59 Å². The third kappa shape index (κ3) is 5.96. The minimum atomic E-state index is -0.471. The molecule has 0 saturated carbocycles. The Balaban J connectivity index is 2.00. The van der Waals surface area contributed by atoms with Crippen molar-refractivity contribution in [3.05, 3.63) is 58.3 Å². The van der Waals surface area contributed by atoms with Crippen LogP contribution in [0.1, 0.15) is 30.6 Å². The smallest absolute Gasteiger partial charge is 0.313 e. The van der Waals surface area contributed by atoms with Crippen molar-refractivity contribution >= 4 is 23.1 Å². The molecule has 0 amide bonds. The topological polar surface area (TPSA) is 46.6 Å². The number of nitrogens with zero attached hydrogens (tertiary/aromatic N) is 1. The minimum Gasteiger partial charge on any atom is -0.456 e. The van der Waals surface area contributed by atoms with Crippen LogP contribution < -0.4 is 0 Å². The standard InChI is InChI=1S/C18H21NO3S/c1-14(20)10-18(21)22-17(16-8-9-23-13-16)12-19(2)11-15-6-4-3-5-7-15/h3-9,13,17H,10-12H2,1-2H3. The lowest BCUT2D eigenvalue weighted by atomic mass is 10.1. The van der Waals surface area contributed by atoms with E-state index < -0.39 is 5.97 Å². The molecule has 1 aromatic carbocycles. The molecule has 5 heteroatoms. The maximum absolute atomic E-state index is 11.8. The lowest BCUT2D eigenvalue weighted by molar-refractivity contribution is -0.151. The monoisotopic (exact) mass is 331 g/mol. The van der Waals surface area contributed by atoms with E-state index in [1.807, 2.05) is 42.1 Å². The molecule has 2 aromatic rings. The Hall–Kier alpha value is -1.98. The number of hydrogen-bond donors (Lipinski definition) is 0. The van der Waals surface area contributed by atoms with Crippen LogP contribution in [0.15, 0.2) is 47.2 Å². The average Bonchev–Trinajstić information content (AvgIpc) is 3.00. The molecule has 0 radical (unpaired) electrons. The van der Waals surface area contributed by atoms with E-state index in [-0.39, 0.29) is 18.3 Å². The molecule has 1 aromatic heterocycles. The number of benzene rings is 1. The van der Waals surface area contributed by atoms with Crippen molar-refractivity contribution in [2.24, 2.45) is 0 Å². The molecular weight excluding hydrogens is 310 g/mol. The van der Waals surface area contributed by atoms with Gasteiger partial charge in [0.15, 0.2) is 0 Å². The molecule has 0 aliphatic rings. The van der Waals surface area contributed by atoms with Crippen molar-refractivity contribution in [3.63, 3.8) is 0 Å². The summed E-state index contributed by atoms with van der Waals surface area (Å²) in [5.74, 6) is -0.654. The van der Waals surface area contributed by atoms with Crippen LogP contribution in [-0.2, 0) is 20.9 Å². The van der Waals surface area contributed by atoms with E-state index in [0.717, 1.165) is 12.1 Å². The summed E-state index contributed by atoms with van der Waals surface area (Å²) < 4.78 is 5.52. The summed E-state index contributed by atoms with van der Waals surface area (Å²) in [5, 5.41) is 3.93. The van der Waals surface area contributed by atoms with Crippen LogP contribution >= 0.6 is 11.3 Å². The van der Waals surface area contributed by atoms with Crippen LogP contribution in [0.3, 0.4) is 0 Å². The van der Waals surface area contributed by atoms with Crippen LogP contribution in [0.25, 0.3) is 0 Å². The minimum absolute atomic E-state index is 0.178. The molecule has 1 unspecified atom stereocenters. The number of rotatable bonds is 8. The molecule has 4 nitrogen and oxygen atoms in total. The summed E-state index contributed by atoms with van der Waals surface area (Å²) in [6, 6.07) is 12.1. The van der Waals surface area contributed by atoms with E-state index in [0.29, 0.717) is 6.54 Å². The van der Waals surface area contributed by atoms with Gasteiger partial charge in [0, 0.05) is 18.7 Å². The number of ketones is 1. The number of Topliss-reactive ketones (excluding diaryl/α,β-unsaturated/α-hetero) is 1. The van der Waals surface area contributed by atoms with Crippen molar-refractivity contribution in [1.82, 2.24) is 4.90 Å². The fourth-order valence-electron chi connectivity index (χ4n) is 2.32. The second-order valence-corrected chi connectivity index (χ2v) is 6.38. The number of carbonyl (C=O) groups is 2. The maximum Gasteiger partial charge on any atom is 0.313 e. The Labute approximate surface area is 140 Å². The quantitative estimate of drug-likeness (QED) is 0.549. The van der Waals surface area contributed by atoms with Gasteiger partial charge in [-0.05, 0) is 36.4 Å². The van der Waals surface area contributed by atoms with E-state index >= 15 is 0 Å². The van der Waals surface area contributed by atoms with Gasteiger partial charge in [0.05, 0.1) is 0 Å². The lowest BCUT2D eigenvalue weighted by Crippen LogP contribution is -2.27. The van der Waals surface area contributed by atoms with E-state index in [1.165, 1.54) is 12.5 Å². The van der Waals surface area contributed by atoms with Crippen LogP contribution in [0.2, 0.25) is 0 Å². The predicted molar refractivity (Wildman–Crippen MR) is 91.2 cm³/mol. The van der Waals surface area contributed by atoms with E-state index in [4.69, 9.17) is 4.74 Å². The maximum atomic E-state index is 11.8. The molecule has 1 heterocycles. The predicted octanol–water partition coefficient (Wildman–Crippen LogP) is 3.44. The van der Waals surface area contributed by atoms with Crippen molar-refractivity contribution in [3.8, 4) is 0 Å². The Morgan fingerprint density at radius 1 is 1.22 bits per heavy atom. The van der Waals surface area contributed by atoms with Gasteiger partial charge in [-0.15, -0.1) is 0 Å². The van der Waals surface area contributed by atoms with Gasteiger partial charge in [0.1, 0.15) is 18.3 Å². The van der Waals surface area contributed by atoms with Gasteiger partial charge < -0.3 is 4.74 Å². The number of thiophene rings is 1. The molecule has 0 fully saturated rings. The van der Waals surface area contributed by atoms with Crippen LogP contribution in [0.5, 0.6) is 0 Å². The van der Waals surface area contributed by atoms with Crippen molar-refractivity contribution in [2.75, 3.05) is 13.6 Å². The average molecular weight is 331 g/mol. The van der Waals surface area contributed by atoms with Crippen molar-refractivity contribution in [2.45, 2.75) is 26.0 Å². The van der Waals surface area contributed by atoms with Gasteiger partial charge in [-0.1, -0.05) is 30.3 Å². The number of likely N-dealkylation sites (N-methyl/N-ethyl adjacent to an activating group) is 1. The zero-order valence-corrected chi connectivity index (χ0v) is 14.2. The number of hydrogen-bond acceptors (Lipinski definition) is 5. The van der Waals surface area contributed by atoms with Crippen LogP contribution in [0, 0.1) is 0 Å². The second kappa shape index (κ2) is 8.60. The second-order valence-electron chi connectivity index (χ2n) is 5.60. The summed E-state index contributed by atoms with van der Waals surface area (Å²) in [7, 11) is 1.99. The highest BCUT2D eigenvalue weighted by molar-refractivity contribution is 7.07. The molecule has 0 spiro atoms. The summed E-state index contributed by atoms with van der Waals surface area (Å²) in [5.41, 5.74) is 2.17. The fraction of sp³-hybridized carbons (Fsp3) is 0.333. The molecule has 0 bridgehead atoms. The highest BCUT2D eigenvalue weighted by Crippen LogP contribution is 2.22. The third-order valence-electron chi connectivity index (χ3n) is 3.35. The van der Waals surface area contributed by atoms with Crippen LogP contribution in [0.4, 0.5) is 0 Å². The van der Waals surface area contributed by atoms with Gasteiger partial charge in [0.2, 0.25) is 0 Å². The zero-order valence-electron chi connectivity index (χ0n) is 13.4. The molecule has 23 heavy (non-hydrogen) atoms. The number of carbonyl (C=O) groups excluding carboxylic acids is 2. The summed E-state index contributed by atoms with van der Waals surface area (Å²) in [6.07, 6.45) is -0.537. The van der Waals surface area contributed by atoms with Gasteiger partial charge in [-0.2, -0.15) is 11.3 Å². The van der Waals surface area contributed by atoms with E-state index in [2.05, 4.69) is 17.0 Å². The molecule has 122 valence electrons. The first-order valence-corrected chi connectivity index (χ1v) is 8.42. The number of ether oxygens (including phenoxy) is 1. The highest BCUT2D eigenvalue weighted by Gasteiger charge is 2.20. The SMILES string of the molecule is CC(=O)CC(=O)OC(CN(C)Cc1ccccc1)c1ccsc1. The molecule has 1 atom stereocenters. The molecule has 2 rings (SSSR count). The first-order valence-electron chi connectivity index (χ1n) is 7.48. The van der Waals surface area contributed by atoms with Crippen LogP contribution in [-0.4, -0.2) is 30.2 Å². The van der Waals surface area contributed by atoms with Crippen molar-refractivity contribution < 1.29 is 14.3 Å². The van der Waals surface area contributed by atoms with Gasteiger partial charge in [-0.25, -0.2) is 0 Å². The Kier molecular flexibility index (Phi) is 6.50. The zero-order chi connectivity index (χ0) is 16.7. The normalized spacial score (nSPS) is 12.1. The van der Waals surface area contributed by atoms with Gasteiger partial charge >= 0.3 is 5.97 Å². The fourth-order valence-corrected chi connectivity index (χ4v) is 3.02. The highest BCUT2D eigenvalue weighted by atomic mass is 32.1. The summed E-state index contributed by atoms with van der Waals surface area (Å²) in [4.78, 5) is 25.0. The molecule has 0 saturated heterocycles. The molecule has 0 aliphatic carbocycles. The largest absolute Gasteiger partial charge is 0.456 e. The summed E-state index contributed by atoms with van der Waals surface area (Å²) >= 11 is 1.56. The Morgan fingerprint density at radius 3 is 2.57 bits per heavy atom. The van der Waals surface area contributed by atoms with E-state index in [1.54, 1.807) is 11.3 Å². The Bertz CT molecular complexity index is 625. The Morgan fingerprint density at radius 2 is 1.96 bits per heavy atom. The number of esters is 1. The summed E-state index contributed by atoms with van der Waals surface area (Å²) in [6.45, 7) is 2.74. The first-order chi connectivity index (χ1) is 11.0. The molecule has 0 aliphatic heterocycles.